The van der Waals surface area contributed by atoms with Crippen molar-refractivity contribution < 1.29 is 9.18 Å². The molecule has 0 aliphatic rings. The van der Waals surface area contributed by atoms with Gasteiger partial charge in [0, 0.05) is 30.5 Å². The number of hydrogen-bond acceptors (Lipinski definition) is 2. The highest BCUT2D eigenvalue weighted by molar-refractivity contribution is 6.30. The summed E-state index contributed by atoms with van der Waals surface area (Å²) in [7, 11) is 0. The highest BCUT2D eigenvalue weighted by Gasteiger charge is 2.13. The molecule has 1 N–H and O–H groups in total. The van der Waals surface area contributed by atoms with Gasteiger partial charge in [-0.2, -0.15) is 5.10 Å². The molecule has 0 bridgehead atoms. The van der Waals surface area contributed by atoms with Gasteiger partial charge in [0.1, 0.15) is 5.82 Å². The van der Waals surface area contributed by atoms with E-state index in [0.717, 1.165) is 6.07 Å². The zero-order chi connectivity index (χ0) is 14.5. The monoisotopic (exact) mass is 295 g/mol. The van der Waals surface area contributed by atoms with Gasteiger partial charge in [-0.1, -0.05) is 18.5 Å². The summed E-state index contributed by atoms with van der Waals surface area (Å²) in [5.74, 6) is -0.865. The van der Waals surface area contributed by atoms with Crippen molar-refractivity contribution in [2.75, 3.05) is 6.54 Å². The van der Waals surface area contributed by atoms with Gasteiger partial charge in [-0.25, -0.2) is 4.39 Å². The molecule has 0 aliphatic carbocycles. The van der Waals surface area contributed by atoms with Gasteiger partial charge in [0.2, 0.25) is 0 Å². The topological polar surface area (TPSA) is 46.9 Å². The van der Waals surface area contributed by atoms with Gasteiger partial charge in [-0.3, -0.25) is 9.48 Å². The molecule has 1 unspecified atom stereocenters. The van der Waals surface area contributed by atoms with E-state index in [1.807, 2.05) is 19.2 Å². The van der Waals surface area contributed by atoms with Crippen molar-refractivity contribution in [3.8, 4) is 0 Å². The van der Waals surface area contributed by atoms with Crippen LogP contribution in [0.2, 0.25) is 5.02 Å². The molecule has 20 heavy (non-hydrogen) atoms. The zero-order valence-electron chi connectivity index (χ0n) is 11.0. The lowest BCUT2D eigenvalue weighted by molar-refractivity contribution is 0.0942. The minimum absolute atomic E-state index is 0.000638. The summed E-state index contributed by atoms with van der Waals surface area (Å²) in [6, 6.07) is 5.84. The lowest BCUT2D eigenvalue weighted by Crippen LogP contribution is -2.30. The van der Waals surface area contributed by atoms with Crippen molar-refractivity contribution in [3.63, 3.8) is 0 Å². The molecule has 1 atom stereocenters. The quantitative estimate of drug-likeness (QED) is 0.922. The van der Waals surface area contributed by atoms with E-state index in [0.29, 0.717) is 13.1 Å². The summed E-state index contributed by atoms with van der Waals surface area (Å²) in [6.07, 6.45) is 3.56. The van der Waals surface area contributed by atoms with E-state index in [9.17, 15) is 9.18 Å². The van der Waals surface area contributed by atoms with Crippen molar-refractivity contribution >= 4 is 17.5 Å². The molecule has 0 aliphatic heterocycles. The molecule has 1 aromatic carbocycles. The number of carbonyl (C=O) groups is 1. The molecular weight excluding hydrogens is 281 g/mol. The van der Waals surface area contributed by atoms with Crippen LogP contribution in [0.5, 0.6) is 0 Å². The average molecular weight is 296 g/mol. The molecular formula is C14H15ClFN3O. The molecule has 1 heterocycles. The molecule has 0 saturated heterocycles. The Morgan fingerprint density at radius 2 is 2.35 bits per heavy atom. The van der Waals surface area contributed by atoms with Crippen LogP contribution in [0.3, 0.4) is 0 Å². The van der Waals surface area contributed by atoms with Crippen LogP contribution in [0.4, 0.5) is 4.39 Å². The second-order valence-corrected chi connectivity index (χ2v) is 5.10. The maximum atomic E-state index is 13.6. The van der Waals surface area contributed by atoms with Gasteiger partial charge < -0.3 is 5.32 Å². The molecule has 1 aromatic heterocycles. The SMILES string of the molecule is CC(CNC(=O)c1ccc(Cl)cc1F)Cn1cccn1. The number of nitrogens with zero attached hydrogens (tertiary/aromatic N) is 2. The first kappa shape index (κ1) is 14.5. The summed E-state index contributed by atoms with van der Waals surface area (Å²) in [5, 5.41) is 7.07. The van der Waals surface area contributed by atoms with Gasteiger partial charge in [0.05, 0.1) is 5.56 Å². The predicted octanol–water partition coefficient (Wildman–Crippen LogP) is 2.74. The Labute approximate surface area is 121 Å². The Kier molecular flexibility index (Phi) is 4.74. The summed E-state index contributed by atoms with van der Waals surface area (Å²) >= 11 is 5.65. The van der Waals surface area contributed by atoms with Crippen LogP contribution >= 0.6 is 11.6 Å². The number of benzene rings is 1. The van der Waals surface area contributed by atoms with Gasteiger partial charge in [-0.05, 0) is 30.2 Å². The lowest BCUT2D eigenvalue weighted by Gasteiger charge is -2.13. The molecule has 4 nitrogen and oxygen atoms in total. The molecule has 1 amide bonds. The molecule has 6 heteroatoms. The van der Waals surface area contributed by atoms with E-state index in [-0.39, 0.29) is 16.5 Å². The summed E-state index contributed by atoms with van der Waals surface area (Å²) < 4.78 is 15.4. The third-order valence-electron chi connectivity index (χ3n) is 2.84. The Morgan fingerprint density at radius 1 is 1.55 bits per heavy atom. The second-order valence-electron chi connectivity index (χ2n) is 4.67. The number of nitrogens with one attached hydrogen (secondary N) is 1. The third-order valence-corrected chi connectivity index (χ3v) is 3.08. The first-order valence-electron chi connectivity index (χ1n) is 6.27. The van der Waals surface area contributed by atoms with Crippen LogP contribution in [0.1, 0.15) is 17.3 Å². The fourth-order valence-electron chi connectivity index (χ4n) is 1.83. The van der Waals surface area contributed by atoms with Gasteiger partial charge in [0.15, 0.2) is 0 Å². The van der Waals surface area contributed by atoms with E-state index < -0.39 is 11.7 Å². The number of carbonyl (C=O) groups excluding carboxylic acids is 1. The first-order valence-corrected chi connectivity index (χ1v) is 6.64. The summed E-state index contributed by atoms with van der Waals surface area (Å²) in [4.78, 5) is 11.9. The maximum Gasteiger partial charge on any atom is 0.254 e. The van der Waals surface area contributed by atoms with Crippen molar-refractivity contribution in [2.45, 2.75) is 13.5 Å². The fraction of sp³-hybridized carbons (Fsp3) is 0.286. The maximum absolute atomic E-state index is 13.6. The predicted molar refractivity (Wildman–Crippen MR) is 75.1 cm³/mol. The molecule has 2 aromatic rings. The van der Waals surface area contributed by atoms with Crippen molar-refractivity contribution in [2.24, 2.45) is 5.92 Å². The van der Waals surface area contributed by atoms with Crippen molar-refractivity contribution in [1.29, 1.82) is 0 Å². The van der Waals surface area contributed by atoms with Crippen LogP contribution in [0.25, 0.3) is 0 Å². The van der Waals surface area contributed by atoms with Gasteiger partial charge in [0.25, 0.3) is 5.91 Å². The van der Waals surface area contributed by atoms with E-state index in [2.05, 4.69) is 10.4 Å². The van der Waals surface area contributed by atoms with Gasteiger partial charge in [-0.15, -0.1) is 0 Å². The van der Waals surface area contributed by atoms with Crippen LogP contribution in [-0.2, 0) is 6.54 Å². The van der Waals surface area contributed by atoms with Crippen LogP contribution in [0, 0.1) is 11.7 Å². The number of aromatic nitrogens is 2. The number of rotatable bonds is 5. The molecule has 0 fully saturated rings. The molecule has 106 valence electrons. The van der Waals surface area contributed by atoms with Crippen LogP contribution < -0.4 is 5.32 Å². The largest absolute Gasteiger partial charge is 0.352 e. The fourth-order valence-corrected chi connectivity index (χ4v) is 1.99. The van der Waals surface area contributed by atoms with Crippen LogP contribution in [0.15, 0.2) is 36.7 Å². The molecule has 0 radical (unpaired) electrons. The smallest absolute Gasteiger partial charge is 0.254 e. The van der Waals surface area contributed by atoms with Crippen molar-refractivity contribution in [3.05, 3.63) is 53.1 Å². The molecule has 0 saturated carbocycles. The highest BCUT2D eigenvalue weighted by Crippen LogP contribution is 2.14. The van der Waals surface area contributed by atoms with E-state index >= 15 is 0 Å². The highest BCUT2D eigenvalue weighted by atomic mass is 35.5. The van der Waals surface area contributed by atoms with E-state index in [1.54, 1.807) is 10.9 Å². The summed E-state index contributed by atoms with van der Waals surface area (Å²) in [5.41, 5.74) is 0.000638. The lowest BCUT2D eigenvalue weighted by atomic mass is 10.1. The third kappa shape index (κ3) is 3.81. The van der Waals surface area contributed by atoms with Gasteiger partial charge >= 0.3 is 0 Å². The number of hydrogen-bond donors (Lipinski definition) is 1. The Balaban J connectivity index is 1.88. The molecule has 0 spiro atoms. The second kappa shape index (κ2) is 6.52. The van der Waals surface area contributed by atoms with E-state index in [1.165, 1.54) is 12.1 Å². The van der Waals surface area contributed by atoms with Crippen LogP contribution in [-0.4, -0.2) is 22.2 Å². The van der Waals surface area contributed by atoms with E-state index in [4.69, 9.17) is 11.6 Å². The average Bonchev–Trinajstić information content (AvgIpc) is 2.89. The minimum atomic E-state index is -0.616. The van der Waals surface area contributed by atoms with Crippen molar-refractivity contribution in [1.82, 2.24) is 15.1 Å². The Morgan fingerprint density at radius 3 is 3.00 bits per heavy atom. The number of amides is 1. The number of halogens is 2. The summed E-state index contributed by atoms with van der Waals surface area (Å²) in [6.45, 7) is 3.12. The standard InChI is InChI=1S/C14H15ClFN3O/c1-10(9-19-6-2-5-18-19)8-17-14(20)12-4-3-11(15)7-13(12)16/h2-7,10H,8-9H2,1H3,(H,17,20). The minimum Gasteiger partial charge on any atom is -0.352 e. The Hall–Kier alpha value is -1.88. The first-order chi connectivity index (χ1) is 9.56. The molecule has 2 rings (SSSR count). The normalized spacial score (nSPS) is 12.2. The Bertz CT molecular complexity index is 586. The zero-order valence-corrected chi connectivity index (χ0v) is 11.8.